The highest BCUT2D eigenvalue weighted by atomic mass is 16.4. The first kappa shape index (κ1) is 8.50. The Kier molecular flexibility index (Phi) is 2.02. The molecule has 0 unspecified atom stereocenters. The first-order chi connectivity index (χ1) is 6.77. The van der Waals surface area contributed by atoms with Crippen LogP contribution in [0.2, 0.25) is 0 Å². The largest absolute Gasteiger partial charge is 0.478 e. The van der Waals surface area contributed by atoms with E-state index < -0.39 is 5.97 Å². The van der Waals surface area contributed by atoms with E-state index in [1.165, 1.54) is 6.08 Å². The van der Waals surface area contributed by atoms with Crippen LogP contribution in [-0.4, -0.2) is 20.7 Å². The predicted molar refractivity (Wildman–Crippen MR) is 51.9 cm³/mol. The van der Waals surface area contributed by atoms with Crippen molar-refractivity contribution in [3.05, 3.63) is 42.2 Å². The lowest BCUT2D eigenvalue weighted by atomic mass is 10.2. The summed E-state index contributed by atoms with van der Waals surface area (Å²) in [6, 6.07) is 5.63. The zero-order valence-electron chi connectivity index (χ0n) is 7.29. The lowest BCUT2D eigenvalue weighted by molar-refractivity contribution is -0.131. The molecule has 0 bridgehead atoms. The average Bonchev–Trinajstić information content (AvgIpc) is 2.58. The molecule has 0 saturated carbocycles. The third-order valence-corrected chi connectivity index (χ3v) is 1.86. The van der Waals surface area contributed by atoms with Gasteiger partial charge in [-0.25, -0.2) is 9.31 Å². The van der Waals surface area contributed by atoms with Crippen LogP contribution in [0, 0.1) is 0 Å². The lowest BCUT2D eigenvalue weighted by Crippen LogP contribution is -1.86. The van der Waals surface area contributed by atoms with Crippen molar-refractivity contribution >= 4 is 17.6 Å². The smallest absolute Gasteiger partial charge is 0.328 e. The number of hydrogen-bond acceptors (Lipinski definition) is 2. The van der Waals surface area contributed by atoms with Crippen molar-refractivity contribution < 1.29 is 9.90 Å². The van der Waals surface area contributed by atoms with Crippen LogP contribution in [0.1, 0.15) is 5.56 Å². The fraction of sp³-hybridized carbons (Fsp3) is 0. The van der Waals surface area contributed by atoms with E-state index in [2.05, 4.69) is 5.10 Å². The molecular formula is C10H8N2O2. The topological polar surface area (TPSA) is 54.6 Å². The van der Waals surface area contributed by atoms with Crippen LogP contribution >= 0.6 is 0 Å². The van der Waals surface area contributed by atoms with Crippen LogP contribution in [0.3, 0.4) is 0 Å². The lowest BCUT2D eigenvalue weighted by Gasteiger charge is -1.91. The maximum atomic E-state index is 10.3. The molecule has 0 saturated heterocycles. The number of carboxylic acids is 1. The zero-order valence-corrected chi connectivity index (χ0v) is 7.29. The van der Waals surface area contributed by atoms with Gasteiger partial charge in [0.1, 0.15) is 0 Å². The van der Waals surface area contributed by atoms with Crippen molar-refractivity contribution in [2.75, 3.05) is 0 Å². The van der Waals surface area contributed by atoms with E-state index >= 15 is 0 Å². The molecule has 0 fully saturated rings. The SMILES string of the molecule is O=C(O)/C=C/c1cnn2ccccc12. The van der Waals surface area contributed by atoms with Gasteiger partial charge in [-0.3, -0.25) is 0 Å². The van der Waals surface area contributed by atoms with E-state index in [0.29, 0.717) is 0 Å². The van der Waals surface area contributed by atoms with Gasteiger partial charge < -0.3 is 5.11 Å². The van der Waals surface area contributed by atoms with E-state index in [0.717, 1.165) is 17.2 Å². The quantitative estimate of drug-likeness (QED) is 0.725. The molecule has 0 spiro atoms. The van der Waals surface area contributed by atoms with E-state index in [9.17, 15) is 4.79 Å². The van der Waals surface area contributed by atoms with Crippen molar-refractivity contribution in [3.63, 3.8) is 0 Å². The molecule has 0 aromatic carbocycles. The first-order valence-corrected chi connectivity index (χ1v) is 4.11. The molecule has 0 aliphatic rings. The van der Waals surface area contributed by atoms with E-state index in [1.807, 2.05) is 24.4 Å². The maximum absolute atomic E-state index is 10.3. The highest BCUT2D eigenvalue weighted by Crippen LogP contribution is 2.11. The Bertz CT molecular complexity index is 500. The molecular weight excluding hydrogens is 180 g/mol. The summed E-state index contributed by atoms with van der Waals surface area (Å²) >= 11 is 0. The van der Waals surface area contributed by atoms with Crippen LogP contribution in [-0.2, 0) is 4.79 Å². The fourth-order valence-corrected chi connectivity index (χ4v) is 1.24. The number of nitrogens with zero attached hydrogens (tertiary/aromatic N) is 2. The Labute approximate surface area is 80.1 Å². The van der Waals surface area contributed by atoms with Gasteiger partial charge in [0.25, 0.3) is 0 Å². The molecule has 0 atom stereocenters. The predicted octanol–water partition coefficient (Wildman–Crippen LogP) is 1.43. The van der Waals surface area contributed by atoms with Gasteiger partial charge in [-0.05, 0) is 18.2 Å². The molecule has 70 valence electrons. The molecule has 2 aromatic heterocycles. The van der Waals surface area contributed by atoms with Gasteiger partial charge in [0.15, 0.2) is 0 Å². The Morgan fingerprint density at radius 1 is 1.50 bits per heavy atom. The molecule has 1 N–H and O–H groups in total. The number of aliphatic carboxylic acids is 1. The molecule has 0 radical (unpaired) electrons. The number of aromatic nitrogens is 2. The van der Waals surface area contributed by atoms with Gasteiger partial charge in [-0.1, -0.05) is 6.07 Å². The number of carboxylic acid groups (broad SMARTS) is 1. The summed E-state index contributed by atoms with van der Waals surface area (Å²) in [6.45, 7) is 0. The van der Waals surface area contributed by atoms with Crippen LogP contribution < -0.4 is 0 Å². The van der Waals surface area contributed by atoms with Crippen LogP contribution in [0.15, 0.2) is 36.7 Å². The summed E-state index contributed by atoms with van der Waals surface area (Å²) in [6.07, 6.45) is 6.08. The summed E-state index contributed by atoms with van der Waals surface area (Å²) in [7, 11) is 0. The Balaban J connectivity index is 2.48. The molecule has 2 aromatic rings. The van der Waals surface area contributed by atoms with Crippen molar-refractivity contribution in [2.24, 2.45) is 0 Å². The number of pyridine rings is 1. The second-order valence-electron chi connectivity index (χ2n) is 2.80. The third kappa shape index (κ3) is 1.50. The van der Waals surface area contributed by atoms with Crippen LogP contribution in [0.4, 0.5) is 0 Å². The number of carbonyl (C=O) groups is 1. The maximum Gasteiger partial charge on any atom is 0.328 e. The normalized spacial score (nSPS) is 11.1. The van der Waals surface area contributed by atoms with Gasteiger partial charge in [0.05, 0.1) is 11.7 Å². The molecule has 4 nitrogen and oxygen atoms in total. The van der Waals surface area contributed by atoms with Gasteiger partial charge in [-0.15, -0.1) is 0 Å². The summed E-state index contributed by atoms with van der Waals surface area (Å²) in [5.41, 5.74) is 1.69. The minimum Gasteiger partial charge on any atom is -0.478 e. The van der Waals surface area contributed by atoms with Gasteiger partial charge in [0, 0.05) is 17.8 Å². The molecule has 2 rings (SSSR count). The van der Waals surface area contributed by atoms with Crippen LogP contribution in [0.5, 0.6) is 0 Å². The Hall–Kier alpha value is -2.10. The Morgan fingerprint density at radius 2 is 2.36 bits per heavy atom. The average molecular weight is 188 g/mol. The summed E-state index contributed by atoms with van der Waals surface area (Å²) < 4.78 is 1.70. The van der Waals surface area contributed by atoms with E-state index in [4.69, 9.17) is 5.11 Å². The fourth-order valence-electron chi connectivity index (χ4n) is 1.24. The van der Waals surface area contributed by atoms with Crippen LogP contribution in [0.25, 0.3) is 11.6 Å². The minimum atomic E-state index is -0.958. The molecule has 4 heteroatoms. The van der Waals surface area contributed by atoms with E-state index in [-0.39, 0.29) is 0 Å². The standard InChI is InChI=1S/C10H8N2O2/c13-10(14)5-4-8-7-11-12-6-2-1-3-9(8)12/h1-7H,(H,13,14)/b5-4+. The van der Waals surface area contributed by atoms with Gasteiger partial charge >= 0.3 is 5.97 Å². The second-order valence-corrected chi connectivity index (χ2v) is 2.80. The molecule has 0 aliphatic carbocycles. The number of rotatable bonds is 2. The summed E-state index contributed by atoms with van der Waals surface area (Å²) in [5, 5.41) is 12.5. The zero-order chi connectivity index (χ0) is 9.97. The molecule has 2 heterocycles. The minimum absolute atomic E-state index is 0.799. The van der Waals surface area contributed by atoms with Crippen molar-refractivity contribution in [2.45, 2.75) is 0 Å². The monoisotopic (exact) mass is 188 g/mol. The summed E-state index contributed by atoms with van der Waals surface area (Å²) in [4.78, 5) is 10.3. The Morgan fingerprint density at radius 3 is 3.14 bits per heavy atom. The van der Waals surface area contributed by atoms with E-state index in [1.54, 1.807) is 10.7 Å². The summed E-state index contributed by atoms with van der Waals surface area (Å²) in [5.74, 6) is -0.958. The first-order valence-electron chi connectivity index (χ1n) is 4.11. The highest BCUT2D eigenvalue weighted by Gasteiger charge is 1.98. The van der Waals surface area contributed by atoms with Crippen molar-refractivity contribution in [3.8, 4) is 0 Å². The highest BCUT2D eigenvalue weighted by molar-refractivity contribution is 5.87. The van der Waals surface area contributed by atoms with Gasteiger partial charge in [-0.2, -0.15) is 5.10 Å². The van der Waals surface area contributed by atoms with Crippen molar-refractivity contribution in [1.82, 2.24) is 9.61 Å². The third-order valence-electron chi connectivity index (χ3n) is 1.86. The molecule has 0 amide bonds. The second kappa shape index (κ2) is 3.33. The molecule has 14 heavy (non-hydrogen) atoms. The molecule has 0 aliphatic heterocycles. The van der Waals surface area contributed by atoms with Crippen molar-refractivity contribution in [1.29, 1.82) is 0 Å². The number of fused-ring (bicyclic) bond motifs is 1. The number of hydrogen-bond donors (Lipinski definition) is 1. The van der Waals surface area contributed by atoms with Gasteiger partial charge in [0.2, 0.25) is 0 Å².